The summed E-state index contributed by atoms with van der Waals surface area (Å²) in [6, 6.07) is 5.50. The lowest BCUT2D eigenvalue weighted by Gasteiger charge is -2.30. The lowest BCUT2D eigenvalue weighted by molar-refractivity contribution is -0.139. The van der Waals surface area contributed by atoms with Crippen LogP contribution in [0.2, 0.25) is 0 Å². The second kappa shape index (κ2) is 18.6. The fourth-order valence-corrected chi connectivity index (χ4v) is 4.61. The molecule has 0 aliphatic rings. The predicted molar refractivity (Wildman–Crippen MR) is 171 cm³/mol. The van der Waals surface area contributed by atoms with E-state index >= 15 is 0 Å². The van der Waals surface area contributed by atoms with Gasteiger partial charge < -0.3 is 46.3 Å². The number of H-pyrrole nitrogens is 1. The maximum absolute atomic E-state index is 13.7. The molecule has 2 rings (SSSR count). The molecule has 0 fully saturated rings. The number of imidazole rings is 1. The van der Waals surface area contributed by atoms with Crippen molar-refractivity contribution < 1.29 is 44.0 Å². The number of aliphatic hydroxyl groups is 2. The summed E-state index contributed by atoms with van der Waals surface area (Å²) < 4.78 is 5.36. The second-order valence-corrected chi connectivity index (χ2v) is 12.7. The molecule has 47 heavy (non-hydrogen) atoms. The molecule has 1 aromatic carbocycles. The van der Waals surface area contributed by atoms with E-state index in [2.05, 4.69) is 31.2 Å². The molecule has 0 saturated carbocycles. The number of aliphatic hydroxyl groups excluding tert-OH is 2. The highest BCUT2D eigenvalue weighted by atomic mass is 16.6. The standard InChI is InChI=1S/C32H48N6O9/c1-19(2)14-22(26(41)27(42)30(45)34-13-9-12-25(39)40)36-29(44)24(16-21-17-33-18-35-21)37-28(43)23(15-20-10-7-6-8-11-20)38-31(46)47-32(3,4)5/h6-8,10-11,17-19,22-24,26-27,41-42H,9,12-16H2,1-5H3,(H,33,35)(H,34,45)(H,36,44)(H,37,43)(H,38,46)(H,39,40)/t22-,23-,24-,26?,27?/m0/s1. The Balaban J connectivity index is 2.27. The fourth-order valence-electron chi connectivity index (χ4n) is 4.61. The van der Waals surface area contributed by atoms with Crippen LogP contribution in [0.5, 0.6) is 0 Å². The summed E-state index contributed by atoms with van der Waals surface area (Å²) in [4.78, 5) is 70.2. The molecule has 0 spiro atoms. The van der Waals surface area contributed by atoms with Gasteiger partial charge in [-0.2, -0.15) is 0 Å². The third-order valence-corrected chi connectivity index (χ3v) is 6.83. The van der Waals surface area contributed by atoms with Crippen molar-refractivity contribution in [3.63, 3.8) is 0 Å². The van der Waals surface area contributed by atoms with Crippen LogP contribution in [-0.2, 0) is 36.8 Å². The van der Waals surface area contributed by atoms with Gasteiger partial charge in [-0.05, 0) is 45.1 Å². The molecule has 1 heterocycles. The molecule has 0 aliphatic heterocycles. The number of benzene rings is 1. The van der Waals surface area contributed by atoms with Crippen LogP contribution >= 0.6 is 0 Å². The molecule has 4 amide bonds. The molecule has 0 aliphatic carbocycles. The number of carbonyl (C=O) groups excluding carboxylic acids is 4. The normalized spacial score (nSPS) is 14.6. The lowest BCUT2D eigenvalue weighted by atomic mass is 9.94. The highest BCUT2D eigenvalue weighted by Gasteiger charge is 2.35. The number of ether oxygens (including phenoxy) is 1. The highest BCUT2D eigenvalue weighted by Crippen LogP contribution is 2.14. The van der Waals surface area contributed by atoms with Crippen molar-refractivity contribution in [3.05, 3.63) is 54.1 Å². The number of alkyl carbamates (subject to hydrolysis) is 1. The molecule has 260 valence electrons. The third kappa shape index (κ3) is 14.6. The molecule has 15 heteroatoms. The average molecular weight is 661 g/mol. The Morgan fingerprint density at radius 3 is 2.13 bits per heavy atom. The number of aromatic amines is 1. The second-order valence-electron chi connectivity index (χ2n) is 12.7. The van der Waals surface area contributed by atoms with Gasteiger partial charge in [0.2, 0.25) is 11.8 Å². The fraction of sp³-hybridized carbons (Fsp3) is 0.562. The van der Waals surface area contributed by atoms with Crippen LogP contribution in [0.25, 0.3) is 0 Å². The molecule has 8 N–H and O–H groups in total. The molecule has 0 saturated heterocycles. The number of carbonyl (C=O) groups is 5. The maximum Gasteiger partial charge on any atom is 0.408 e. The van der Waals surface area contributed by atoms with Gasteiger partial charge in [0.15, 0.2) is 6.10 Å². The number of carboxylic acids is 1. The van der Waals surface area contributed by atoms with E-state index in [1.165, 1.54) is 12.5 Å². The summed E-state index contributed by atoms with van der Waals surface area (Å²) in [6.07, 6.45) is -1.45. The number of carboxylic acid groups (broad SMARTS) is 1. The van der Waals surface area contributed by atoms with E-state index in [4.69, 9.17) is 9.84 Å². The van der Waals surface area contributed by atoms with E-state index in [-0.39, 0.29) is 44.6 Å². The van der Waals surface area contributed by atoms with E-state index in [9.17, 15) is 34.2 Å². The van der Waals surface area contributed by atoms with Crippen molar-refractivity contribution in [2.75, 3.05) is 6.54 Å². The summed E-state index contributed by atoms with van der Waals surface area (Å²) in [6.45, 7) is 8.67. The van der Waals surface area contributed by atoms with Crippen LogP contribution < -0.4 is 21.3 Å². The Bertz CT molecular complexity index is 1300. The summed E-state index contributed by atoms with van der Waals surface area (Å²) >= 11 is 0. The number of amides is 4. The smallest absolute Gasteiger partial charge is 0.408 e. The van der Waals surface area contributed by atoms with Crippen LogP contribution in [-0.4, -0.2) is 97.6 Å². The highest BCUT2D eigenvalue weighted by molar-refractivity contribution is 5.92. The molecule has 1 aromatic heterocycles. The van der Waals surface area contributed by atoms with Gasteiger partial charge in [0.1, 0.15) is 23.8 Å². The molecule has 0 bridgehead atoms. The van der Waals surface area contributed by atoms with Gasteiger partial charge in [0.25, 0.3) is 5.91 Å². The average Bonchev–Trinajstić information content (AvgIpc) is 3.49. The van der Waals surface area contributed by atoms with Crippen molar-refractivity contribution in [1.29, 1.82) is 0 Å². The summed E-state index contributed by atoms with van der Waals surface area (Å²) in [5, 5.41) is 40.7. The maximum atomic E-state index is 13.7. The Kier molecular flexibility index (Phi) is 15.3. The molecular formula is C32H48N6O9. The van der Waals surface area contributed by atoms with Crippen LogP contribution in [0, 0.1) is 5.92 Å². The van der Waals surface area contributed by atoms with E-state index in [1.54, 1.807) is 45.0 Å². The van der Waals surface area contributed by atoms with E-state index in [0.29, 0.717) is 5.69 Å². The number of nitrogens with one attached hydrogen (secondary N) is 5. The molecule has 2 aromatic rings. The monoisotopic (exact) mass is 660 g/mol. The first-order valence-corrected chi connectivity index (χ1v) is 15.5. The Morgan fingerprint density at radius 1 is 0.915 bits per heavy atom. The van der Waals surface area contributed by atoms with Gasteiger partial charge in [0, 0.05) is 37.7 Å². The first-order valence-electron chi connectivity index (χ1n) is 15.5. The number of aliphatic carboxylic acids is 1. The quantitative estimate of drug-likeness (QED) is 0.105. The van der Waals surface area contributed by atoms with Gasteiger partial charge in [0.05, 0.1) is 12.4 Å². The minimum Gasteiger partial charge on any atom is -0.481 e. The predicted octanol–water partition coefficient (Wildman–Crippen LogP) is 0.807. The zero-order valence-electron chi connectivity index (χ0n) is 27.5. The zero-order valence-corrected chi connectivity index (χ0v) is 27.5. The van der Waals surface area contributed by atoms with Gasteiger partial charge in [-0.15, -0.1) is 0 Å². The Morgan fingerprint density at radius 2 is 1.55 bits per heavy atom. The first kappa shape index (κ1) is 38.7. The topological polar surface area (TPSA) is 232 Å². The van der Waals surface area contributed by atoms with Gasteiger partial charge in [-0.25, -0.2) is 9.78 Å². The van der Waals surface area contributed by atoms with Crippen molar-refractivity contribution in [2.24, 2.45) is 5.92 Å². The van der Waals surface area contributed by atoms with Gasteiger partial charge in [-0.1, -0.05) is 44.2 Å². The third-order valence-electron chi connectivity index (χ3n) is 6.83. The van der Waals surface area contributed by atoms with Crippen molar-refractivity contribution >= 4 is 29.8 Å². The van der Waals surface area contributed by atoms with Crippen LogP contribution in [0.3, 0.4) is 0 Å². The zero-order chi connectivity index (χ0) is 35.1. The van der Waals surface area contributed by atoms with Crippen molar-refractivity contribution in [1.82, 2.24) is 31.2 Å². The number of aromatic nitrogens is 2. The summed E-state index contributed by atoms with van der Waals surface area (Å²) in [5.74, 6) is -3.45. The number of rotatable bonds is 18. The largest absolute Gasteiger partial charge is 0.481 e. The minimum absolute atomic E-state index is 0.0319. The Labute approximate surface area is 274 Å². The molecule has 15 nitrogen and oxygen atoms in total. The van der Waals surface area contributed by atoms with Crippen LogP contribution in [0.15, 0.2) is 42.9 Å². The van der Waals surface area contributed by atoms with Gasteiger partial charge >= 0.3 is 12.1 Å². The van der Waals surface area contributed by atoms with E-state index in [0.717, 1.165) is 5.56 Å². The lowest BCUT2D eigenvalue weighted by Crippen LogP contribution is -2.59. The molecule has 5 atom stereocenters. The van der Waals surface area contributed by atoms with Gasteiger partial charge in [-0.3, -0.25) is 19.2 Å². The van der Waals surface area contributed by atoms with Crippen molar-refractivity contribution in [3.8, 4) is 0 Å². The first-order chi connectivity index (χ1) is 22.1. The summed E-state index contributed by atoms with van der Waals surface area (Å²) in [7, 11) is 0. The summed E-state index contributed by atoms with van der Waals surface area (Å²) in [5.41, 5.74) is 0.424. The van der Waals surface area contributed by atoms with Crippen LogP contribution in [0.4, 0.5) is 4.79 Å². The van der Waals surface area contributed by atoms with E-state index < -0.39 is 65.7 Å². The molecule has 0 radical (unpaired) electrons. The Hall–Kier alpha value is -4.50. The number of nitrogens with zero attached hydrogens (tertiary/aromatic N) is 1. The van der Waals surface area contributed by atoms with Crippen molar-refractivity contribution in [2.45, 2.75) is 103 Å². The van der Waals surface area contributed by atoms with E-state index in [1.807, 2.05) is 19.9 Å². The SMILES string of the molecule is CC(C)C[C@H](NC(=O)[C@H](Cc1cnc[nH]1)NC(=O)[C@H](Cc1ccccc1)NC(=O)OC(C)(C)C)C(O)C(O)C(=O)NCCCC(=O)O. The number of hydrogen-bond donors (Lipinski definition) is 8. The van der Waals surface area contributed by atoms with Crippen LogP contribution in [0.1, 0.15) is 65.1 Å². The minimum atomic E-state index is -1.93. The molecular weight excluding hydrogens is 612 g/mol. The molecule has 2 unspecified atom stereocenters. The number of hydrogen-bond acceptors (Lipinski definition) is 9.